The molecule has 0 N–H and O–H groups in total. The molecule has 18 heavy (non-hydrogen) atoms. The first-order valence-corrected chi connectivity index (χ1v) is 6.23. The zero-order valence-corrected chi connectivity index (χ0v) is 10.9. The molecule has 0 aliphatic carbocycles. The van der Waals surface area contributed by atoms with E-state index in [2.05, 4.69) is 36.3 Å². The zero-order valence-electron chi connectivity index (χ0n) is 10.9. The van der Waals surface area contributed by atoms with Gasteiger partial charge in [-0.1, -0.05) is 55.5 Å². The van der Waals surface area contributed by atoms with Crippen molar-refractivity contribution in [1.29, 1.82) is 0 Å². The van der Waals surface area contributed by atoms with E-state index in [0.717, 1.165) is 17.8 Å². The number of rotatable bonds is 4. The number of hydrazone groups is 1. The molecular weight excluding hydrogens is 220 g/mol. The van der Waals surface area contributed by atoms with Gasteiger partial charge >= 0.3 is 0 Å². The maximum absolute atomic E-state index is 4.69. The zero-order chi connectivity index (χ0) is 12.8. The third kappa shape index (κ3) is 2.98. The number of benzene rings is 2. The van der Waals surface area contributed by atoms with Crippen LogP contribution in [0.1, 0.15) is 18.9 Å². The van der Waals surface area contributed by atoms with Crippen molar-refractivity contribution < 1.29 is 0 Å². The van der Waals surface area contributed by atoms with Crippen LogP contribution in [0.25, 0.3) is 0 Å². The van der Waals surface area contributed by atoms with Crippen LogP contribution in [0.15, 0.2) is 65.8 Å². The van der Waals surface area contributed by atoms with Crippen molar-refractivity contribution in [2.24, 2.45) is 5.10 Å². The second-order valence-electron chi connectivity index (χ2n) is 4.13. The van der Waals surface area contributed by atoms with E-state index >= 15 is 0 Å². The minimum atomic E-state index is 0.918. The van der Waals surface area contributed by atoms with E-state index < -0.39 is 0 Å². The monoisotopic (exact) mass is 238 g/mol. The summed E-state index contributed by atoms with van der Waals surface area (Å²) in [5.74, 6) is 0. The van der Waals surface area contributed by atoms with E-state index in [4.69, 9.17) is 0 Å². The molecule has 0 bridgehead atoms. The Morgan fingerprint density at radius 3 is 2.06 bits per heavy atom. The molecule has 0 aliphatic heterocycles. The van der Waals surface area contributed by atoms with Gasteiger partial charge in [-0.05, 0) is 24.1 Å². The summed E-state index contributed by atoms with van der Waals surface area (Å²) in [4.78, 5) is 0. The molecule has 0 aliphatic rings. The Bertz CT molecular complexity index is 503. The van der Waals surface area contributed by atoms with Gasteiger partial charge in [0, 0.05) is 7.05 Å². The molecule has 0 saturated carbocycles. The molecule has 92 valence electrons. The minimum Gasteiger partial charge on any atom is -0.268 e. The van der Waals surface area contributed by atoms with Gasteiger partial charge in [0.2, 0.25) is 0 Å². The molecule has 0 atom stereocenters. The highest BCUT2D eigenvalue weighted by Crippen LogP contribution is 2.13. The van der Waals surface area contributed by atoms with E-state index in [1.54, 1.807) is 0 Å². The second-order valence-corrected chi connectivity index (χ2v) is 4.13. The minimum absolute atomic E-state index is 0.918. The van der Waals surface area contributed by atoms with E-state index in [-0.39, 0.29) is 0 Å². The van der Waals surface area contributed by atoms with Gasteiger partial charge < -0.3 is 0 Å². The Balaban J connectivity index is 2.25. The van der Waals surface area contributed by atoms with Crippen molar-refractivity contribution in [2.75, 3.05) is 12.1 Å². The molecule has 0 heterocycles. The van der Waals surface area contributed by atoms with Crippen LogP contribution in [0.5, 0.6) is 0 Å². The number of hydrogen-bond acceptors (Lipinski definition) is 2. The van der Waals surface area contributed by atoms with Gasteiger partial charge in [0.1, 0.15) is 0 Å². The third-order valence-corrected chi connectivity index (χ3v) is 2.84. The Kier molecular flexibility index (Phi) is 4.13. The lowest BCUT2D eigenvalue weighted by Gasteiger charge is -2.15. The van der Waals surface area contributed by atoms with E-state index in [0.29, 0.717) is 0 Å². The first kappa shape index (κ1) is 12.4. The molecule has 2 nitrogen and oxygen atoms in total. The lowest BCUT2D eigenvalue weighted by Crippen LogP contribution is -2.13. The summed E-state index contributed by atoms with van der Waals surface area (Å²) in [7, 11) is 1.98. The van der Waals surface area contributed by atoms with Gasteiger partial charge in [-0.15, -0.1) is 0 Å². The van der Waals surface area contributed by atoms with Crippen LogP contribution in [0, 0.1) is 0 Å². The standard InChI is InChI=1S/C16H18N2/c1-3-16(14-10-6-4-7-11-14)17-18(2)15-12-8-5-9-13-15/h4-13H,3H2,1-2H3. The maximum atomic E-state index is 4.69. The van der Waals surface area contributed by atoms with Crippen LogP contribution in [-0.2, 0) is 0 Å². The number of anilines is 1. The van der Waals surface area contributed by atoms with E-state index in [9.17, 15) is 0 Å². The van der Waals surface area contributed by atoms with Crippen LogP contribution in [0.4, 0.5) is 5.69 Å². The molecule has 0 unspecified atom stereocenters. The molecule has 0 radical (unpaired) electrons. The van der Waals surface area contributed by atoms with Gasteiger partial charge in [0.05, 0.1) is 11.4 Å². The largest absolute Gasteiger partial charge is 0.268 e. The van der Waals surface area contributed by atoms with Crippen molar-refractivity contribution >= 4 is 11.4 Å². The molecule has 2 aromatic carbocycles. The summed E-state index contributed by atoms with van der Waals surface area (Å²) in [5.41, 5.74) is 3.38. The van der Waals surface area contributed by atoms with E-state index in [1.807, 2.05) is 48.5 Å². The summed E-state index contributed by atoms with van der Waals surface area (Å²) in [5, 5.41) is 6.61. The summed E-state index contributed by atoms with van der Waals surface area (Å²) in [6.45, 7) is 2.13. The number of nitrogens with zero attached hydrogens (tertiary/aromatic N) is 2. The molecule has 2 rings (SSSR count). The lowest BCUT2D eigenvalue weighted by molar-refractivity contribution is 1.00. The Hall–Kier alpha value is -2.09. The Morgan fingerprint density at radius 2 is 1.50 bits per heavy atom. The highest BCUT2D eigenvalue weighted by atomic mass is 15.4. The summed E-state index contributed by atoms with van der Waals surface area (Å²) >= 11 is 0. The fourth-order valence-corrected chi connectivity index (χ4v) is 1.85. The van der Waals surface area contributed by atoms with Crippen LogP contribution < -0.4 is 5.01 Å². The molecule has 0 fully saturated rings. The summed E-state index contributed by atoms with van der Waals surface area (Å²) in [6.07, 6.45) is 0.918. The van der Waals surface area contributed by atoms with Crippen molar-refractivity contribution in [3.8, 4) is 0 Å². The molecule has 0 spiro atoms. The van der Waals surface area contributed by atoms with Crippen LogP contribution in [-0.4, -0.2) is 12.8 Å². The van der Waals surface area contributed by atoms with Gasteiger partial charge in [0.15, 0.2) is 0 Å². The summed E-state index contributed by atoms with van der Waals surface area (Å²) in [6, 6.07) is 20.5. The van der Waals surface area contributed by atoms with Crippen molar-refractivity contribution in [3.05, 3.63) is 66.2 Å². The van der Waals surface area contributed by atoms with Crippen molar-refractivity contribution in [3.63, 3.8) is 0 Å². The van der Waals surface area contributed by atoms with Gasteiger partial charge in [-0.2, -0.15) is 5.10 Å². The average molecular weight is 238 g/mol. The van der Waals surface area contributed by atoms with Crippen LogP contribution in [0.3, 0.4) is 0 Å². The Morgan fingerprint density at radius 1 is 0.944 bits per heavy atom. The highest BCUT2D eigenvalue weighted by Gasteiger charge is 2.03. The smallest absolute Gasteiger partial charge is 0.0678 e. The summed E-state index contributed by atoms with van der Waals surface area (Å²) < 4.78 is 0. The molecule has 0 saturated heterocycles. The normalized spacial score (nSPS) is 11.3. The quantitative estimate of drug-likeness (QED) is 0.582. The topological polar surface area (TPSA) is 15.6 Å². The van der Waals surface area contributed by atoms with Crippen molar-refractivity contribution in [2.45, 2.75) is 13.3 Å². The number of hydrogen-bond donors (Lipinski definition) is 0. The van der Waals surface area contributed by atoms with Crippen LogP contribution in [0.2, 0.25) is 0 Å². The van der Waals surface area contributed by atoms with E-state index in [1.165, 1.54) is 5.56 Å². The maximum Gasteiger partial charge on any atom is 0.0678 e. The Labute approximate surface area is 109 Å². The first-order chi connectivity index (χ1) is 8.81. The second kappa shape index (κ2) is 6.01. The highest BCUT2D eigenvalue weighted by molar-refractivity contribution is 6.00. The predicted octanol–water partition coefficient (Wildman–Crippen LogP) is 3.94. The average Bonchev–Trinajstić information content (AvgIpc) is 2.46. The van der Waals surface area contributed by atoms with Gasteiger partial charge in [-0.25, -0.2) is 0 Å². The number of para-hydroxylation sites is 1. The molecular formula is C16H18N2. The first-order valence-electron chi connectivity index (χ1n) is 6.23. The predicted molar refractivity (Wildman–Crippen MR) is 78.1 cm³/mol. The third-order valence-electron chi connectivity index (χ3n) is 2.84. The molecule has 2 heteroatoms. The van der Waals surface area contributed by atoms with Gasteiger partial charge in [0.25, 0.3) is 0 Å². The SMILES string of the molecule is CCC(=NN(C)c1ccccc1)c1ccccc1. The lowest BCUT2D eigenvalue weighted by atomic mass is 10.1. The fourth-order valence-electron chi connectivity index (χ4n) is 1.85. The van der Waals surface area contributed by atoms with Crippen LogP contribution >= 0.6 is 0 Å². The molecule has 0 aromatic heterocycles. The molecule has 0 amide bonds. The molecule has 2 aromatic rings. The van der Waals surface area contributed by atoms with Gasteiger partial charge in [-0.3, -0.25) is 5.01 Å². The van der Waals surface area contributed by atoms with Crippen molar-refractivity contribution in [1.82, 2.24) is 0 Å². The fraction of sp³-hybridized carbons (Fsp3) is 0.188.